The van der Waals surface area contributed by atoms with E-state index in [1.54, 1.807) is 30.3 Å². The summed E-state index contributed by atoms with van der Waals surface area (Å²) in [7, 11) is 0. The predicted molar refractivity (Wildman–Crippen MR) is 155 cm³/mol. The van der Waals surface area contributed by atoms with E-state index in [1.165, 1.54) is 6.21 Å². The van der Waals surface area contributed by atoms with Crippen LogP contribution in [0.5, 0.6) is 0 Å². The molecule has 11 heteroatoms. The Morgan fingerprint density at radius 2 is 1.90 bits per heavy atom. The van der Waals surface area contributed by atoms with Gasteiger partial charge in [-0.05, 0) is 62.6 Å². The van der Waals surface area contributed by atoms with E-state index < -0.39 is 0 Å². The van der Waals surface area contributed by atoms with Crippen LogP contribution in [0.3, 0.4) is 0 Å². The molecule has 10 nitrogen and oxygen atoms in total. The van der Waals surface area contributed by atoms with E-state index in [0.717, 1.165) is 18.4 Å². The number of nitrogen functional groups attached to an aromatic ring is 1. The first-order chi connectivity index (χ1) is 18.7. The summed E-state index contributed by atoms with van der Waals surface area (Å²) in [6.07, 6.45) is 4.10. The first-order valence-electron chi connectivity index (χ1n) is 12.6. The van der Waals surface area contributed by atoms with Crippen molar-refractivity contribution < 1.29 is 14.4 Å². The number of hydrogen-bond acceptors (Lipinski definition) is 6. The molecule has 0 fully saturated rings. The fraction of sp³-hybridized carbons (Fsp3) is 0.250. The molecule has 0 spiro atoms. The van der Waals surface area contributed by atoms with Gasteiger partial charge in [-0.3, -0.25) is 14.4 Å². The number of fused-ring (bicyclic) bond motifs is 1. The number of hydrogen-bond donors (Lipinski definition) is 5. The third kappa shape index (κ3) is 6.71. The van der Waals surface area contributed by atoms with Crippen molar-refractivity contribution in [3.05, 3.63) is 75.6 Å². The van der Waals surface area contributed by atoms with Crippen molar-refractivity contribution in [1.82, 2.24) is 10.3 Å². The smallest absolute Gasteiger partial charge is 0.276 e. The summed E-state index contributed by atoms with van der Waals surface area (Å²) in [5.41, 5.74) is 11.0. The second-order valence-corrected chi connectivity index (χ2v) is 9.64. The third-order valence-corrected chi connectivity index (χ3v) is 6.58. The number of benzene rings is 2. The molecular formula is C28H30ClN7O3. The largest absolute Gasteiger partial charge is 0.397 e. The number of aryl methyl sites for hydroxylation is 1. The number of halogens is 1. The molecule has 39 heavy (non-hydrogen) atoms. The summed E-state index contributed by atoms with van der Waals surface area (Å²) in [6.45, 7) is 4.12. The van der Waals surface area contributed by atoms with Crippen LogP contribution in [0.15, 0.2) is 52.7 Å². The highest BCUT2D eigenvalue weighted by atomic mass is 35.5. The van der Waals surface area contributed by atoms with Crippen LogP contribution in [-0.4, -0.2) is 41.2 Å². The average molecular weight is 548 g/mol. The highest BCUT2D eigenvalue weighted by molar-refractivity contribution is 6.54. The zero-order valence-electron chi connectivity index (χ0n) is 21.7. The number of nitrogens with one attached hydrogen (secondary N) is 4. The molecule has 1 aromatic heterocycles. The molecule has 3 amide bonds. The molecule has 4 rings (SSSR count). The van der Waals surface area contributed by atoms with E-state index in [1.807, 2.05) is 26.0 Å². The second-order valence-electron chi connectivity index (χ2n) is 9.20. The Hall–Kier alpha value is -4.44. The molecule has 0 bridgehead atoms. The Morgan fingerprint density at radius 1 is 1.10 bits per heavy atom. The fourth-order valence-corrected chi connectivity index (χ4v) is 4.49. The minimum atomic E-state index is -0.356. The number of amides is 3. The van der Waals surface area contributed by atoms with E-state index in [4.69, 9.17) is 17.3 Å². The number of para-hydroxylation sites is 2. The first kappa shape index (κ1) is 27.6. The monoisotopic (exact) mass is 547 g/mol. The summed E-state index contributed by atoms with van der Waals surface area (Å²) in [5, 5.41) is 17.1. The Morgan fingerprint density at radius 3 is 2.69 bits per heavy atom. The highest BCUT2D eigenvalue weighted by Gasteiger charge is 2.26. The molecule has 0 radical (unpaired) electrons. The minimum Gasteiger partial charge on any atom is -0.397 e. The Bertz CT molecular complexity index is 1480. The van der Waals surface area contributed by atoms with Gasteiger partial charge in [0.1, 0.15) is 0 Å². The number of aromatic nitrogens is 1. The summed E-state index contributed by atoms with van der Waals surface area (Å²) < 4.78 is 0. The van der Waals surface area contributed by atoms with E-state index in [9.17, 15) is 14.4 Å². The van der Waals surface area contributed by atoms with Crippen LogP contribution in [0, 0.1) is 13.8 Å². The molecule has 0 unspecified atom stereocenters. The number of aromatic amines is 1. The summed E-state index contributed by atoms with van der Waals surface area (Å²) in [5.74, 6) is -0.634. The molecule has 1 aliphatic rings. The normalized spacial score (nSPS) is 13.5. The van der Waals surface area contributed by atoms with Crippen molar-refractivity contribution in [3.63, 3.8) is 0 Å². The molecule has 6 N–H and O–H groups in total. The Kier molecular flexibility index (Phi) is 8.77. The van der Waals surface area contributed by atoms with Crippen molar-refractivity contribution in [2.75, 3.05) is 22.9 Å². The maximum absolute atomic E-state index is 12.8. The molecule has 1 aliphatic heterocycles. The van der Waals surface area contributed by atoms with Gasteiger partial charge >= 0.3 is 0 Å². The van der Waals surface area contributed by atoms with Gasteiger partial charge in [-0.25, -0.2) is 0 Å². The number of nitrogens with zero attached hydrogens (tertiary/aromatic N) is 2. The van der Waals surface area contributed by atoms with Crippen molar-refractivity contribution >= 4 is 58.3 Å². The lowest BCUT2D eigenvalue weighted by Gasteiger charge is -2.08. The molecule has 2 heterocycles. The molecule has 0 saturated carbocycles. The van der Waals surface area contributed by atoms with Crippen LogP contribution in [0.4, 0.5) is 17.1 Å². The van der Waals surface area contributed by atoms with Gasteiger partial charge in [0.2, 0.25) is 5.91 Å². The second kappa shape index (κ2) is 12.4. The number of carbonyl (C=O) groups excluding carboxylic acids is 3. The standard InChI is InChI=1S/C28H30ClN7O3/c1-16-23(15-32-36-26-19-14-18(29)11-12-21(19)35-28(26)39)33-17(2)25(16)27(38)31-13-7-3-4-10-24(37)34-22-9-6-5-8-20(22)30/h5-6,8-9,11-12,14-15,33H,3-4,7,10,13,30H2,1-2H3,(H,31,38)(H,34,37)(H,35,36,39)/b32-15+. The van der Waals surface area contributed by atoms with Gasteiger partial charge in [-0.15, -0.1) is 5.10 Å². The molecule has 202 valence electrons. The lowest BCUT2D eigenvalue weighted by molar-refractivity contribution is -0.116. The third-order valence-electron chi connectivity index (χ3n) is 6.35. The number of nitrogens with two attached hydrogens (primary N) is 1. The van der Waals surface area contributed by atoms with E-state index in [0.29, 0.717) is 64.0 Å². The van der Waals surface area contributed by atoms with E-state index >= 15 is 0 Å². The van der Waals surface area contributed by atoms with Crippen LogP contribution >= 0.6 is 11.6 Å². The average Bonchev–Trinajstić information content (AvgIpc) is 3.36. The molecule has 0 saturated heterocycles. The van der Waals surface area contributed by atoms with Gasteiger partial charge in [0.25, 0.3) is 11.8 Å². The van der Waals surface area contributed by atoms with Gasteiger partial charge in [-0.2, -0.15) is 5.10 Å². The lowest BCUT2D eigenvalue weighted by Crippen LogP contribution is -2.25. The number of anilines is 3. The predicted octanol–water partition coefficient (Wildman–Crippen LogP) is 4.57. The quantitative estimate of drug-likeness (QED) is 0.109. The van der Waals surface area contributed by atoms with Gasteiger partial charge in [-0.1, -0.05) is 30.2 Å². The van der Waals surface area contributed by atoms with Crippen LogP contribution in [-0.2, 0) is 9.59 Å². The topological polar surface area (TPSA) is 154 Å². The number of unbranched alkanes of at least 4 members (excludes halogenated alkanes) is 2. The van der Waals surface area contributed by atoms with Gasteiger partial charge in [0.15, 0.2) is 5.71 Å². The SMILES string of the molecule is Cc1[nH]c(/C=N/N=C2\C(=O)Nc3ccc(Cl)cc32)c(C)c1C(=O)NCCCCCC(=O)Nc1ccccc1N. The van der Waals surface area contributed by atoms with E-state index in [2.05, 4.69) is 31.1 Å². The lowest BCUT2D eigenvalue weighted by atomic mass is 10.1. The highest BCUT2D eigenvalue weighted by Crippen LogP contribution is 2.26. The van der Waals surface area contributed by atoms with Gasteiger partial charge in [0, 0.05) is 29.2 Å². The summed E-state index contributed by atoms with van der Waals surface area (Å²) >= 11 is 6.05. The van der Waals surface area contributed by atoms with Gasteiger partial charge in [0.05, 0.1) is 34.5 Å². The summed E-state index contributed by atoms with van der Waals surface area (Å²) in [6, 6.07) is 12.2. The maximum Gasteiger partial charge on any atom is 0.276 e. The van der Waals surface area contributed by atoms with Crippen molar-refractivity contribution in [2.45, 2.75) is 39.5 Å². The molecule has 0 aliphatic carbocycles. The number of carbonyl (C=O) groups is 3. The van der Waals surface area contributed by atoms with Crippen LogP contribution < -0.4 is 21.7 Å². The van der Waals surface area contributed by atoms with Crippen LogP contribution in [0.2, 0.25) is 5.02 Å². The van der Waals surface area contributed by atoms with Gasteiger partial charge < -0.3 is 26.7 Å². The van der Waals surface area contributed by atoms with Crippen molar-refractivity contribution in [1.29, 1.82) is 0 Å². The van der Waals surface area contributed by atoms with Crippen LogP contribution in [0.1, 0.15) is 58.6 Å². The van der Waals surface area contributed by atoms with Crippen LogP contribution in [0.25, 0.3) is 0 Å². The fourth-order valence-electron chi connectivity index (χ4n) is 4.31. The summed E-state index contributed by atoms with van der Waals surface area (Å²) in [4.78, 5) is 40.3. The Balaban J connectivity index is 1.26. The molecule has 3 aromatic rings. The maximum atomic E-state index is 12.8. The number of H-pyrrole nitrogens is 1. The van der Waals surface area contributed by atoms with E-state index in [-0.39, 0.29) is 23.4 Å². The zero-order valence-corrected chi connectivity index (χ0v) is 22.5. The molecule has 0 atom stereocenters. The Labute approximate surface area is 231 Å². The zero-order chi connectivity index (χ0) is 27.9. The van der Waals surface area contributed by atoms with Crippen molar-refractivity contribution in [3.8, 4) is 0 Å². The molecule has 2 aromatic carbocycles. The minimum absolute atomic E-state index is 0.0867. The molecular weight excluding hydrogens is 518 g/mol. The van der Waals surface area contributed by atoms with Crippen molar-refractivity contribution in [2.24, 2.45) is 10.2 Å². The number of rotatable bonds is 10. The first-order valence-corrected chi connectivity index (χ1v) is 13.0.